The van der Waals surface area contributed by atoms with Crippen molar-refractivity contribution in [1.29, 1.82) is 0 Å². The molecule has 0 aliphatic carbocycles. The van der Waals surface area contributed by atoms with Crippen LogP contribution in [-0.4, -0.2) is 28.7 Å². The number of hydrogen-bond donors (Lipinski definition) is 3. The lowest BCUT2D eigenvalue weighted by atomic mass is 10.3. The predicted molar refractivity (Wildman–Crippen MR) is 103 cm³/mol. The molecule has 0 unspecified atom stereocenters. The van der Waals surface area contributed by atoms with Gasteiger partial charge in [0.15, 0.2) is 0 Å². The Morgan fingerprint density at radius 3 is 2.00 bits per heavy atom. The number of carbonyl (C=O) groups is 1. The van der Waals surface area contributed by atoms with Crippen molar-refractivity contribution in [1.82, 2.24) is 10.3 Å². The Labute approximate surface area is 170 Å². The normalized spacial score (nSPS) is 11.0. The van der Waals surface area contributed by atoms with Gasteiger partial charge in [0, 0.05) is 23.9 Å². The number of ether oxygens (including phenoxy) is 2. The lowest BCUT2D eigenvalue weighted by molar-refractivity contribution is 0.250. The van der Waals surface area contributed by atoms with Crippen molar-refractivity contribution < 1.29 is 22.7 Å². The minimum Gasteiger partial charge on any atom is -0.497 e. The Hall–Kier alpha value is -1.91. The maximum Gasteiger partial charge on any atom is 0.334 e. The molecule has 0 heterocycles. The third kappa shape index (κ3) is 5.53. The van der Waals surface area contributed by atoms with Crippen LogP contribution in [0.2, 0.25) is 15.1 Å². The second kappa shape index (κ2) is 8.85. The third-order valence-corrected chi connectivity index (χ3v) is 5.61. The maximum atomic E-state index is 12.3. The smallest absolute Gasteiger partial charge is 0.334 e. The van der Waals surface area contributed by atoms with Crippen molar-refractivity contribution in [3.05, 3.63) is 45.4 Å². The summed E-state index contributed by atoms with van der Waals surface area (Å²) in [5.74, 6) is 0.876. The molecule has 2 rings (SSSR count). The van der Waals surface area contributed by atoms with E-state index in [0.29, 0.717) is 17.2 Å². The Kier molecular flexibility index (Phi) is 7.01. The van der Waals surface area contributed by atoms with Crippen molar-refractivity contribution in [3.8, 4) is 11.5 Å². The predicted octanol–water partition coefficient (Wildman–Crippen LogP) is 3.68. The zero-order valence-corrected chi connectivity index (χ0v) is 17.1. The molecule has 0 saturated heterocycles. The van der Waals surface area contributed by atoms with E-state index in [0.717, 1.165) is 6.07 Å². The second-order valence-corrected chi connectivity index (χ2v) is 7.86. The van der Waals surface area contributed by atoms with Crippen molar-refractivity contribution in [2.45, 2.75) is 4.90 Å². The molecule has 0 saturated carbocycles. The summed E-state index contributed by atoms with van der Waals surface area (Å²) in [6, 6.07) is 6.05. The standard InChI is InChI=1S/C15H14Cl3N3O5S/c1-25-9-3-8(4-10(5-9)26-2)19-15(22)20-21-27(23,24)14-7-12(17)11(16)6-13(14)18/h3-7,21H,1-2H3,(H2,19,20,22). The van der Waals surface area contributed by atoms with Gasteiger partial charge in [-0.15, -0.1) is 4.83 Å². The molecule has 146 valence electrons. The highest BCUT2D eigenvalue weighted by molar-refractivity contribution is 7.89. The highest BCUT2D eigenvalue weighted by atomic mass is 35.5. The summed E-state index contributed by atoms with van der Waals surface area (Å²) in [5, 5.41) is 2.37. The quantitative estimate of drug-likeness (QED) is 0.456. The molecule has 2 aromatic carbocycles. The fraction of sp³-hybridized carbons (Fsp3) is 0.133. The Balaban J connectivity index is 2.10. The Morgan fingerprint density at radius 1 is 0.889 bits per heavy atom. The lowest BCUT2D eigenvalue weighted by Gasteiger charge is -2.12. The molecule has 0 atom stereocenters. The summed E-state index contributed by atoms with van der Waals surface area (Å²) in [7, 11) is -1.29. The number of halogens is 3. The minimum atomic E-state index is -4.19. The van der Waals surface area contributed by atoms with E-state index in [2.05, 4.69) is 5.32 Å². The zero-order chi connectivity index (χ0) is 20.2. The molecule has 0 aliphatic heterocycles. The summed E-state index contributed by atoms with van der Waals surface area (Å²) in [6.07, 6.45) is 0. The van der Waals surface area contributed by atoms with Gasteiger partial charge in [-0.1, -0.05) is 34.8 Å². The van der Waals surface area contributed by atoms with E-state index in [1.54, 1.807) is 6.07 Å². The largest absolute Gasteiger partial charge is 0.497 e. The van der Waals surface area contributed by atoms with Crippen molar-refractivity contribution in [3.63, 3.8) is 0 Å². The van der Waals surface area contributed by atoms with Gasteiger partial charge in [0.2, 0.25) is 0 Å². The van der Waals surface area contributed by atoms with Crippen LogP contribution in [0.25, 0.3) is 0 Å². The highest BCUT2D eigenvalue weighted by Gasteiger charge is 2.21. The van der Waals surface area contributed by atoms with Crippen LogP contribution in [0, 0.1) is 0 Å². The van der Waals surface area contributed by atoms with Crippen molar-refractivity contribution in [2.75, 3.05) is 19.5 Å². The monoisotopic (exact) mass is 453 g/mol. The summed E-state index contributed by atoms with van der Waals surface area (Å²) in [5.41, 5.74) is 2.32. The molecule has 12 heteroatoms. The van der Waals surface area contributed by atoms with Crippen molar-refractivity contribution >= 4 is 56.5 Å². The molecule has 0 bridgehead atoms. The van der Waals surface area contributed by atoms with Gasteiger partial charge in [-0.25, -0.2) is 13.2 Å². The fourth-order valence-corrected chi connectivity index (χ4v) is 3.76. The van der Waals surface area contributed by atoms with Gasteiger partial charge < -0.3 is 14.8 Å². The molecular formula is C15H14Cl3N3O5S. The third-order valence-electron chi connectivity index (χ3n) is 3.17. The molecule has 0 aromatic heterocycles. The Morgan fingerprint density at radius 2 is 1.44 bits per heavy atom. The van der Waals surface area contributed by atoms with E-state index >= 15 is 0 Å². The first kappa shape index (κ1) is 21.4. The fourth-order valence-electron chi connectivity index (χ4n) is 1.92. The van der Waals surface area contributed by atoms with Crippen LogP contribution in [0.4, 0.5) is 10.5 Å². The number of hydrogen-bond acceptors (Lipinski definition) is 5. The van der Waals surface area contributed by atoms with Gasteiger partial charge in [0.05, 0.1) is 29.3 Å². The molecule has 2 amide bonds. The van der Waals surface area contributed by atoms with Crippen LogP contribution in [0.15, 0.2) is 35.2 Å². The van der Waals surface area contributed by atoms with Crippen LogP contribution in [0.3, 0.4) is 0 Å². The molecular weight excluding hydrogens is 441 g/mol. The van der Waals surface area contributed by atoms with E-state index in [9.17, 15) is 13.2 Å². The minimum absolute atomic E-state index is 0.00521. The van der Waals surface area contributed by atoms with E-state index in [1.165, 1.54) is 32.4 Å². The number of methoxy groups -OCH3 is 2. The van der Waals surface area contributed by atoms with Crippen LogP contribution in [0.1, 0.15) is 0 Å². The van der Waals surface area contributed by atoms with Gasteiger partial charge in [-0.2, -0.15) is 0 Å². The molecule has 0 radical (unpaired) electrons. The number of carbonyl (C=O) groups excluding carboxylic acids is 1. The number of nitrogens with one attached hydrogen (secondary N) is 3. The van der Waals surface area contributed by atoms with Crippen LogP contribution < -0.4 is 25.0 Å². The zero-order valence-electron chi connectivity index (χ0n) is 14.0. The van der Waals surface area contributed by atoms with E-state index < -0.39 is 16.1 Å². The number of sulfonamides is 1. The summed E-state index contributed by atoms with van der Waals surface area (Å²) >= 11 is 17.5. The molecule has 0 aliphatic rings. The van der Waals surface area contributed by atoms with Gasteiger partial charge >= 0.3 is 6.03 Å². The first-order valence-electron chi connectivity index (χ1n) is 7.12. The topological polar surface area (TPSA) is 106 Å². The van der Waals surface area contributed by atoms with E-state index in [-0.39, 0.29) is 20.0 Å². The first-order valence-corrected chi connectivity index (χ1v) is 9.74. The first-order chi connectivity index (χ1) is 12.7. The highest BCUT2D eigenvalue weighted by Crippen LogP contribution is 2.31. The van der Waals surface area contributed by atoms with Gasteiger partial charge in [0.25, 0.3) is 10.0 Å². The molecule has 3 N–H and O–H groups in total. The SMILES string of the molecule is COc1cc(NC(=O)NNS(=O)(=O)c2cc(Cl)c(Cl)cc2Cl)cc(OC)c1. The summed E-state index contributed by atoms with van der Waals surface area (Å²) in [4.78, 5) is 13.5. The number of amides is 2. The molecule has 0 spiro atoms. The Bertz CT molecular complexity index is 947. The number of rotatable bonds is 6. The second-order valence-electron chi connectivity index (χ2n) is 4.98. The molecule has 8 nitrogen and oxygen atoms in total. The van der Waals surface area contributed by atoms with E-state index in [1.807, 2.05) is 10.3 Å². The molecule has 27 heavy (non-hydrogen) atoms. The van der Waals surface area contributed by atoms with Gasteiger partial charge in [-0.3, -0.25) is 5.43 Å². The van der Waals surface area contributed by atoms with E-state index in [4.69, 9.17) is 44.3 Å². The van der Waals surface area contributed by atoms with Crippen LogP contribution >= 0.6 is 34.8 Å². The maximum absolute atomic E-state index is 12.3. The number of urea groups is 1. The lowest BCUT2D eigenvalue weighted by Crippen LogP contribution is -2.43. The van der Waals surface area contributed by atoms with Crippen molar-refractivity contribution in [2.24, 2.45) is 0 Å². The van der Waals surface area contributed by atoms with Gasteiger partial charge in [-0.05, 0) is 12.1 Å². The average Bonchev–Trinajstić information content (AvgIpc) is 2.62. The number of hydrazine groups is 1. The van der Waals surface area contributed by atoms with Gasteiger partial charge in [0.1, 0.15) is 16.4 Å². The summed E-state index contributed by atoms with van der Waals surface area (Å²) < 4.78 is 34.8. The number of benzene rings is 2. The summed E-state index contributed by atoms with van der Waals surface area (Å²) in [6.45, 7) is 0. The number of anilines is 1. The van der Waals surface area contributed by atoms with Crippen LogP contribution in [-0.2, 0) is 10.0 Å². The van der Waals surface area contributed by atoms with Crippen LogP contribution in [0.5, 0.6) is 11.5 Å². The molecule has 2 aromatic rings. The molecule has 0 fully saturated rings. The average molecular weight is 455 g/mol.